The van der Waals surface area contributed by atoms with Gasteiger partial charge < -0.3 is 19.3 Å². The Bertz CT molecular complexity index is 728. The van der Waals surface area contributed by atoms with Gasteiger partial charge in [0, 0.05) is 12.6 Å². The van der Waals surface area contributed by atoms with Gasteiger partial charge in [-0.1, -0.05) is 32.3 Å². The monoisotopic (exact) mass is 402 g/mol. The first-order valence-corrected chi connectivity index (χ1v) is 10.9. The summed E-state index contributed by atoms with van der Waals surface area (Å²) in [4.78, 5) is 30.2. The molecule has 2 amide bonds. The van der Waals surface area contributed by atoms with Gasteiger partial charge in [0.2, 0.25) is 5.91 Å². The Morgan fingerprint density at radius 2 is 1.83 bits per heavy atom. The quantitative estimate of drug-likeness (QED) is 0.693. The van der Waals surface area contributed by atoms with E-state index in [1.54, 1.807) is 12.0 Å². The lowest BCUT2D eigenvalue weighted by atomic mass is 9.91. The third kappa shape index (κ3) is 4.68. The van der Waals surface area contributed by atoms with Gasteiger partial charge in [-0.2, -0.15) is 0 Å². The summed E-state index contributed by atoms with van der Waals surface area (Å²) in [6.07, 6.45) is 6.28. The highest BCUT2D eigenvalue weighted by molar-refractivity contribution is 5.96. The van der Waals surface area contributed by atoms with Crippen molar-refractivity contribution in [2.24, 2.45) is 0 Å². The van der Waals surface area contributed by atoms with Crippen molar-refractivity contribution in [3.8, 4) is 11.5 Å². The van der Waals surface area contributed by atoms with Crippen LogP contribution in [0.1, 0.15) is 70.9 Å². The Hall–Kier alpha value is -2.24. The number of benzene rings is 1. The summed E-state index contributed by atoms with van der Waals surface area (Å²) in [6.45, 7) is 6.72. The predicted molar refractivity (Wildman–Crippen MR) is 112 cm³/mol. The van der Waals surface area contributed by atoms with Crippen molar-refractivity contribution in [1.29, 1.82) is 0 Å². The van der Waals surface area contributed by atoms with Gasteiger partial charge in [0.1, 0.15) is 12.6 Å². The highest BCUT2D eigenvalue weighted by Gasteiger charge is 2.42. The minimum atomic E-state index is -0.597. The van der Waals surface area contributed by atoms with Gasteiger partial charge in [0.25, 0.3) is 5.91 Å². The predicted octanol–water partition coefficient (Wildman–Crippen LogP) is 3.94. The topological polar surface area (TPSA) is 59.1 Å². The van der Waals surface area contributed by atoms with Crippen molar-refractivity contribution < 1.29 is 19.1 Å². The molecular weight excluding hydrogens is 368 g/mol. The van der Waals surface area contributed by atoms with E-state index < -0.39 is 6.04 Å². The highest BCUT2D eigenvalue weighted by atomic mass is 16.5. The summed E-state index contributed by atoms with van der Waals surface area (Å²) >= 11 is 0. The molecule has 1 aliphatic heterocycles. The molecule has 2 aliphatic rings. The van der Waals surface area contributed by atoms with Gasteiger partial charge in [-0.05, 0) is 50.8 Å². The molecule has 3 rings (SSSR count). The van der Waals surface area contributed by atoms with Crippen LogP contribution in [-0.2, 0) is 9.59 Å². The fourth-order valence-corrected chi connectivity index (χ4v) is 4.47. The maximum atomic E-state index is 13.6. The number of carbonyl (C=O) groups is 2. The highest BCUT2D eigenvalue weighted by Crippen LogP contribution is 2.36. The average Bonchev–Trinajstić information content (AvgIpc) is 2.71. The molecule has 0 N–H and O–H groups in total. The third-order valence-corrected chi connectivity index (χ3v) is 5.80. The van der Waals surface area contributed by atoms with Crippen molar-refractivity contribution in [2.45, 2.75) is 77.5 Å². The van der Waals surface area contributed by atoms with E-state index in [0.29, 0.717) is 18.0 Å². The van der Waals surface area contributed by atoms with Crippen LogP contribution >= 0.6 is 0 Å². The van der Waals surface area contributed by atoms with E-state index in [1.807, 2.05) is 43.9 Å². The zero-order chi connectivity index (χ0) is 21.0. The molecule has 1 saturated carbocycles. The number of carbonyl (C=O) groups excluding carboxylic acids is 2. The Morgan fingerprint density at radius 3 is 2.45 bits per heavy atom. The summed E-state index contributed by atoms with van der Waals surface area (Å²) in [5.74, 6) is 1.29. The second-order valence-electron chi connectivity index (χ2n) is 8.32. The average molecular weight is 403 g/mol. The van der Waals surface area contributed by atoms with E-state index >= 15 is 0 Å². The summed E-state index contributed by atoms with van der Waals surface area (Å²) in [5, 5.41) is 0. The summed E-state index contributed by atoms with van der Waals surface area (Å²) in [7, 11) is 1.60. The van der Waals surface area contributed by atoms with E-state index in [0.717, 1.165) is 37.7 Å². The van der Waals surface area contributed by atoms with E-state index in [1.165, 1.54) is 6.42 Å². The largest absolute Gasteiger partial charge is 0.493 e. The van der Waals surface area contributed by atoms with Crippen molar-refractivity contribution in [3.05, 3.63) is 23.8 Å². The smallest absolute Gasteiger partial charge is 0.250 e. The number of nitrogens with zero attached hydrogens (tertiary/aromatic N) is 2. The molecule has 1 aromatic carbocycles. The molecule has 2 fully saturated rings. The van der Waals surface area contributed by atoms with Crippen LogP contribution in [0, 0.1) is 0 Å². The van der Waals surface area contributed by atoms with Crippen LogP contribution in [0.2, 0.25) is 0 Å². The number of ether oxygens (including phenoxy) is 2. The molecule has 0 spiro atoms. The molecule has 1 aliphatic carbocycles. The van der Waals surface area contributed by atoms with Crippen LogP contribution in [0.15, 0.2) is 18.2 Å². The second-order valence-corrected chi connectivity index (χ2v) is 8.32. The van der Waals surface area contributed by atoms with Gasteiger partial charge in [0.15, 0.2) is 11.5 Å². The van der Waals surface area contributed by atoms with Crippen LogP contribution < -0.4 is 9.47 Å². The first-order valence-electron chi connectivity index (χ1n) is 10.9. The lowest BCUT2D eigenvalue weighted by Gasteiger charge is -2.44. The second kappa shape index (κ2) is 9.51. The Balaban J connectivity index is 1.95. The van der Waals surface area contributed by atoms with Crippen LogP contribution in [0.3, 0.4) is 0 Å². The standard InChI is InChI=1S/C23H34N2O4/c1-5-13-24-21(26)15-25(18-9-7-6-8-10-18)23(27)22(24)17-11-12-19(29-16(2)3)20(14-17)28-4/h11-12,14,16,18,22H,5-10,13,15H2,1-4H3/t22-/m1/s1. The number of rotatable bonds is 7. The van der Waals surface area contributed by atoms with Crippen molar-refractivity contribution >= 4 is 11.8 Å². The minimum absolute atomic E-state index is 0.0195. The molecule has 160 valence electrons. The lowest BCUT2D eigenvalue weighted by molar-refractivity contribution is -0.159. The Morgan fingerprint density at radius 1 is 1.10 bits per heavy atom. The number of hydrogen-bond acceptors (Lipinski definition) is 4. The number of amides is 2. The molecule has 0 bridgehead atoms. The van der Waals surface area contributed by atoms with Crippen molar-refractivity contribution in [1.82, 2.24) is 9.80 Å². The van der Waals surface area contributed by atoms with Crippen molar-refractivity contribution in [3.63, 3.8) is 0 Å². The molecule has 6 nitrogen and oxygen atoms in total. The van der Waals surface area contributed by atoms with Gasteiger partial charge >= 0.3 is 0 Å². The Kier molecular flexibility index (Phi) is 7.04. The van der Waals surface area contributed by atoms with Crippen LogP contribution in [0.5, 0.6) is 11.5 Å². The van der Waals surface area contributed by atoms with Crippen LogP contribution in [0.25, 0.3) is 0 Å². The number of piperazine rings is 1. The van der Waals surface area contributed by atoms with E-state index in [-0.39, 0.29) is 30.5 Å². The van der Waals surface area contributed by atoms with Crippen LogP contribution in [0.4, 0.5) is 0 Å². The SMILES string of the molecule is CCCN1C(=O)CN(C2CCCCC2)C(=O)[C@H]1c1ccc(OC(C)C)c(OC)c1. The van der Waals surface area contributed by atoms with Gasteiger partial charge in [-0.3, -0.25) is 9.59 Å². The summed E-state index contributed by atoms with van der Waals surface area (Å²) in [6, 6.07) is 5.16. The minimum Gasteiger partial charge on any atom is -0.493 e. The zero-order valence-electron chi connectivity index (χ0n) is 18.1. The Labute approximate surface area is 174 Å². The van der Waals surface area contributed by atoms with E-state index in [2.05, 4.69) is 0 Å². The molecule has 6 heteroatoms. The van der Waals surface area contributed by atoms with Crippen LogP contribution in [-0.4, -0.2) is 54.0 Å². The van der Waals surface area contributed by atoms with Gasteiger partial charge in [-0.25, -0.2) is 0 Å². The third-order valence-electron chi connectivity index (χ3n) is 5.80. The fourth-order valence-electron chi connectivity index (χ4n) is 4.47. The molecule has 1 saturated heterocycles. The molecular formula is C23H34N2O4. The maximum Gasteiger partial charge on any atom is 0.250 e. The first kappa shape index (κ1) is 21.5. The van der Waals surface area contributed by atoms with Gasteiger partial charge in [-0.15, -0.1) is 0 Å². The van der Waals surface area contributed by atoms with E-state index in [4.69, 9.17) is 9.47 Å². The van der Waals surface area contributed by atoms with Gasteiger partial charge in [0.05, 0.1) is 13.2 Å². The molecule has 0 aromatic heterocycles. The molecule has 0 unspecified atom stereocenters. The molecule has 0 radical (unpaired) electrons. The van der Waals surface area contributed by atoms with E-state index in [9.17, 15) is 9.59 Å². The fraction of sp³-hybridized carbons (Fsp3) is 0.652. The lowest BCUT2D eigenvalue weighted by Crippen LogP contribution is -2.58. The summed E-state index contributed by atoms with van der Waals surface area (Å²) in [5.41, 5.74) is 0.783. The molecule has 29 heavy (non-hydrogen) atoms. The number of hydrogen-bond donors (Lipinski definition) is 0. The molecule has 1 heterocycles. The maximum absolute atomic E-state index is 13.6. The summed E-state index contributed by atoms with van der Waals surface area (Å²) < 4.78 is 11.3. The normalized spacial score (nSPS) is 21.1. The molecule has 1 atom stereocenters. The van der Waals surface area contributed by atoms with Crippen molar-refractivity contribution in [2.75, 3.05) is 20.2 Å². The number of methoxy groups -OCH3 is 1. The first-order chi connectivity index (χ1) is 14.0. The zero-order valence-corrected chi connectivity index (χ0v) is 18.1. The molecule has 1 aromatic rings.